The predicted octanol–water partition coefficient (Wildman–Crippen LogP) is 2.15. The number of aliphatic imine (C=N–C) groups is 1. The van der Waals surface area contributed by atoms with Crippen LogP contribution < -0.4 is 5.32 Å². The number of nitrogens with zero attached hydrogens (tertiary/aromatic N) is 3. The fourth-order valence-electron chi connectivity index (χ4n) is 2.04. The van der Waals surface area contributed by atoms with Crippen LogP contribution in [-0.2, 0) is 11.8 Å². The van der Waals surface area contributed by atoms with Gasteiger partial charge in [-0.15, -0.1) is 0 Å². The Morgan fingerprint density at radius 2 is 2.30 bits per heavy atom. The molecular formula is C14H14N4OS. The number of amidine groups is 1. The molecule has 0 aliphatic carbocycles. The molecule has 0 unspecified atom stereocenters. The Hall–Kier alpha value is -2.08. The summed E-state index contributed by atoms with van der Waals surface area (Å²) in [6.45, 7) is 2.03. The molecule has 2 heterocycles. The molecule has 1 aliphatic heterocycles. The zero-order valence-corrected chi connectivity index (χ0v) is 12.1. The third-order valence-corrected chi connectivity index (χ3v) is 3.76. The first-order valence-electron chi connectivity index (χ1n) is 6.33. The van der Waals surface area contributed by atoms with Gasteiger partial charge < -0.3 is 4.57 Å². The fourth-order valence-corrected chi connectivity index (χ4v) is 2.64. The Labute approximate surface area is 120 Å². The summed E-state index contributed by atoms with van der Waals surface area (Å²) in [5, 5.41) is 3.43. The summed E-state index contributed by atoms with van der Waals surface area (Å²) in [6.07, 6.45) is 3.57. The van der Waals surface area contributed by atoms with Crippen LogP contribution >= 0.6 is 11.8 Å². The number of rotatable bonds is 2. The number of nitrogens with one attached hydrogen (secondary N) is 1. The summed E-state index contributed by atoms with van der Waals surface area (Å²) in [5.74, 6) is 0.735. The average molecular weight is 286 g/mol. The van der Waals surface area contributed by atoms with Gasteiger partial charge in [0.1, 0.15) is 5.70 Å². The lowest BCUT2D eigenvalue weighted by molar-refractivity contribution is -0.115. The number of carbonyl (C=O) groups excluding carboxylic acids is 1. The molecule has 2 aromatic rings. The van der Waals surface area contributed by atoms with Crippen molar-refractivity contribution in [2.24, 2.45) is 12.0 Å². The molecule has 5 nitrogen and oxygen atoms in total. The SMILES string of the molecule is CCSC1=N/C(=C\c2ccc3ncn(C)c3c2)C(=O)N1. The fraction of sp³-hybridized carbons (Fsp3) is 0.214. The van der Waals surface area contributed by atoms with Crippen LogP contribution in [-0.4, -0.2) is 26.4 Å². The molecule has 0 saturated carbocycles. The number of amides is 1. The van der Waals surface area contributed by atoms with Gasteiger partial charge in [-0.25, -0.2) is 9.98 Å². The Morgan fingerprint density at radius 1 is 1.45 bits per heavy atom. The van der Waals surface area contributed by atoms with Gasteiger partial charge in [-0.05, 0) is 29.5 Å². The summed E-state index contributed by atoms with van der Waals surface area (Å²) < 4.78 is 1.95. The monoisotopic (exact) mass is 286 g/mol. The number of imidazole rings is 1. The number of carbonyl (C=O) groups is 1. The van der Waals surface area contributed by atoms with Crippen molar-refractivity contribution in [1.29, 1.82) is 0 Å². The van der Waals surface area contributed by atoms with Crippen LogP contribution in [0.25, 0.3) is 17.1 Å². The van der Waals surface area contributed by atoms with Crippen LogP contribution in [0.1, 0.15) is 12.5 Å². The number of benzene rings is 1. The average Bonchev–Trinajstić information content (AvgIpc) is 2.95. The van der Waals surface area contributed by atoms with Gasteiger partial charge in [0.15, 0.2) is 5.17 Å². The Balaban J connectivity index is 1.97. The zero-order valence-electron chi connectivity index (χ0n) is 11.3. The van der Waals surface area contributed by atoms with Crippen molar-refractivity contribution in [3.05, 3.63) is 35.8 Å². The zero-order chi connectivity index (χ0) is 14.1. The second-order valence-electron chi connectivity index (χ2n) is 4.44. The van der Waals surface area contributed by atoms with Gasteiger partial charge in [0.05, 0.1) is 17.4 Å². The Kier molecular flexibility index (Phi) is 3.31. The van der Waals surface area contributed by atoms with Gasteiger partial charge in [0.25, 0.3) is 5.91 Å². The molecule has 20 heavy (non-hydrogen) atoms. The van der Waals surface area contributed by atoms with E-state index in [2.05, 4.69) is 15.3 Å². The lowest BCUT2D eigenvalue weighted by Crippen LogP contribution is -2.21. The predicted molar refractivity (Wildman–Crippen MR) is 82.4 cm³/mol. The molecule has 0 saturated heterocycles. The minimum absolute atomic E-state index is 0.147. The third kappa shape index (κ3) is 2.34. The number of fused-ring (bicyclic) bond motifs is 1. The number of hydrogen-bond donors (Lipinski definition) is 1. The van der Waals surface area contributed by atoms with E-state index in [9.17, 15) is 4.79 Å². The second kappa shape index (κ2) is 5.13. The van der Waals surface area contributed by atoms with Crippen molar-refractivity contribution < 1.29 is 4.79 Å². The van der Waals surface area contributed by atoms with Crippen LogP contribution in [0.4, 0.5) is 0 Å². The first-order valence-corrected chi connectivity index (χ1v) is 7.31. The molecular weight excluding hydrogens is 272 g/mol. The maximum absolute atomic E-state index is 11.8. The molecule has 102 valence electrons. The molecule has 0 fully saturated rings. The highest BCUT2D eigenvalue weighted by Gasteiger charge is 2.19. The van der Waals surface area contributed by atoms with Gasteiger partial charge in [-0.2, -0.15) is 0 Å². The summed E-state index contributed by atoms with van der Waals surface area (Å²) in [5.41, 5.74) is 3.36. The molecule has 1 aromatic heterocycles. The number of thioether (sulfide) groups is 1. The minimum Gasteiger partial charge on any atom is -0.334 e. The third-order valence-electron chi connectivity index (χ3n) is 3.01. The van der Waals surface area contributed by atoms with Gasteiger partial charge in [0, 0.05) is 7.05 Å². The maximum atomic E-state index is 11.8. The number of aromatic nitrogens is 2. The molecule has 0 radical (unpaired) electrons. The number of aryl methyl sites for hydroxylation is 1. The van der Waals surface area contributed by atoms with Crippen LogP contribution in [0.15, 0.2) is 35.2 Å². The van der Waals surface area contributed by atoms with Crippen LogP contribution in [0.2, 0.25) is 0 Å². The van der Waals surface area contributed by atoms with Crippen molar-refractivity contribution >= 4 is 39.9 Å². The van der Waals surface area contributed by atoms with Crippen molar-refractivity contribution in [3.63, 3.8) is 0 Å². The van der Waals surface area contributed by atoms with Gasteiger partial charge in [-0.1, -0.05) is 24.8 Å². The van der Waals surface area contributed by atoms with E-state index in [-0.39, 0.29) is 5.91 Å². The Morgan fingerprint density at radius 3 is 3.10 bits per heavy atom. The standard InChI is InChI=1S/C14H14N4OS/c1-3-20-14-16-11(13(19)17-14)6-9-4-5-10-12(7-9)18(2)8-15-10/h4-8H,3H2,1-2H3,(H,16,17,19)/b11-6-. The van der Waals surface area contributed by atoms with E-state index in [4.69, 9.17) is 0 Å². The largest absolute Gasteiger partial charge is 0.334 e. The topological polar surface area (TPSA) is 59.3 Å². The van der Waals surface area contributed by atoms with Crippen LogP contribution in [0.3, 0.4) is 0 Å². The highest BCUT2D eigenvalue weighted by atomic mass is 32.2. The molecule has 1 aromatic carbocycles. The summed E-state index contributed by atoms with van der Waals surface area (Å²) in [4.78, 5) is 20.4. The van der Waals surface area contributed by atoms with E-state index in [1.165, 1.54) is 11.8 Å². The Bertz CT molecular complexity index is 745. The number of hydrogen-bond acceptors (Lipinski definition) is 4. The van der Waals surface area contributed by atoms with Crippen LogP contribution in [0.5, 0.6) is 0 Å². The van der Waals surface area contributed by atoms with Gasteiger partial charge in [0.2, 0.25) is 0 Å². The van der Waals surface area contributed by atoms with Crippen molar-refractivity contribution in [3.8, 4) is 0 Å². The van der Waals surface area contributed by atoms with Gasteiger partial charge >= 0.3 is 0 Å². The molecule has 0 spiro atoms. The quantitative estimate of drug-likeness (QED) is 0.861. The van der Waals surface area contributed by atoms with Crippen LogP contribution in [0, 0.1) is 0 Å². The van der Waals surface area contributed by atoms with E-state index < -0.39 is 0 Å². The van der Waals surface area contributed by atoms with E-state index >= 15 is 0 Å². The van der Waals surface area contributed by atoms with Gasteiger partial charge in [-0.3, -0.25) is 10.1 Å². The van der Waals surface area contributed by atoms with E-state index in [1.54, 1.807) is 12.4 Å². The minimum atomic E-state index is -0.147. The maximum Gasteiger partial charge on any atom is 0.275 e. The second-order valence-corrected chi connectivity index (χ2v) is 5.69. The van der Waals surface area contributed by atoms with Crippen molar-refractivity contribution in [2.45, 2.75) is 6.92 Å². The molecule has 1 amide bonds. The smallest absolute Gasteiger partial charge is 0.275 e. The van der Waals surface area contributed by atoms with E-state index in [0.29, 0.717) is 10.9 Å². The molecule has 1 N–H and O–H groups in total. The lowest BCUT2D eigenvalue weighted by Gasteiger charge is -1.97. The summed E-state index contributed by atoms with van der Waals surface area (Å²) >= 11 is 1.53. The molecule has 0 atom stereocenters. The summed E-state index contributed by atoms with van der Waals surface area (Å²) in [6, 6.07) is 5.89. The van der Waals surface area contributed by atoms with E-state index in [1.807, 2.05) is 36.7 Å². The highest BCUT2D eigenvalue weighted by molar-refractivity contribution is 8.13. The lowest BCUT2D eigenvalue weighted by atomic mass is 10.1. The molecule has 0 bridgehead atoms. The molecule has 6 heteroatoms. The van der Waals surface area contributed by atoms with Crippen molar-refractivity contribution in [1.82, 2.24) is 14.9 Å². The van der Waals surface area contributed by atoms with Crippen molar-refractivity contribution in [2.75, 3.05) is 5.75 Å². The highest BCUT2D eigenvalue weighted by Crippen LogP contribution is 2.19. The molecule has 1 aliphatic rings. The van der Waals surface area contributed by atoms with E-state index in [0.717, 1.165) is 22.3 Å². The first kappa shape index (κ1) is 12.9. The normalized spacial score (nSPS) is 16.8. The molecule has 3 rings (SSSR count). The first-order chi connectivity index (χ1) is 9.67. The summed E-state index contributed by atoms with van der Waals surface area (Å²) in [7, 11) is 1.95.